The van der Waals surface area contributed by atoms with E-state index in [-0.39, 0.29) is 107 Å². The molecule has 0 saturated carbocycles. The minimum absolute atomic E-state index is 0.0626. The van der Waals surface area contributed by atoms with Crippen LogP contribution in [0, 0.1) is 29.6 Å². The van der Waals surface area contributed by atoms with Crippen molar-refractivity contribution in [3.8, 4) is 0 Å². The van der Waals surface area contributed by atoms with E-state index in [1.807, 2.05) is 13.8 Å². The van der Waals surface area contributed by atoms with E-state index >= 15 is 0 Å². The number of nitrogens with one attached hydrogen (secondary N) is 7. The van der Waals surface area contributed by atoms with E-state index in [0.717, 1.165) is 6.92 Å². The molecule has 111 heavy (non-hydrogen) atoms. The highest BCUT2D eigenvalue weighted by Gasteiger charge is 2.39. The van der Waals surface area contributed by atoms with Gasteiger partial charge in [-0.1, -0.05) is 45.0 Å². The fourth-order valence-corrected chi connectivity index (χ4v) is 13.0. The average Bonchev–Trinajstić information content (AvgIpc) is 1.72. The van der Waals surface area contributed by atoms with Crippen molar-refractivity contribution in [2.24, 2.45) is 35.3 Å². The van der Waals surface area contributed by atoms with Crippen molar-refractivity contribution in [2.75, 3.05) is 45.4 Å². The Morgan fingerprint density at radius 1 is 0.505 bits per heavy atom. The molecule has 618 valence electrons. The van der Waals surface area contributed by atoms with Crippen molar-refractivity contribution in [2.45, 2.75) is 237 Å². The lowest BCUT2D eigenvalue weighted by atomic mass is 9.88. The highest BCUT2D eigenvalue weighted by atomic mass is 32.2. The fraction of sp³-hybridized carbons (Fsp3) is 0.653. The highest BCUT2D eigenvalue weighted by molar-refractivity contribution is 7.98. The van der Waals surface area contributed by atoms with E-state index in [9.17, 15) is 121 Å². The minimum Gasteiger partial charge on any atom is -0.481 e. The molecule has 0 bridgehead atoms. The van der Waals surface area contributed by atoms with E-state index < -0.39 is 256 Å². The molecule has 2 rings (SSSR count). The molecule has 35 nitrogen and oxygen atoms in total. The number of carbonyl (C=O) groups excluding carboxylic acids is 15. The summed E-state index contributed by atoms with van der Waals surface area (Å²) in [7, 11) is 1.45. The third-order valence-corrected chi connectivity index (χ3v) is 19.2. The molecule has 0 aliphatic carbocycles. The lowest BCUT2D eigenvalue weighted by molar-refractivity contribution is -0.142. The molecule has 8 amide bonds. The van der Waals surface area contributed by atoms with Gasteiger partial charge in [-0.15, -0.1) is 0 Å². The standard InChI is InChI=1S/C75H111N9O26S/c1-42(2)34-54(59(88)24-25-64(93)79-56(41-111-7)60(89)35-43(3)71(105)77-6)83-75(109)57-13-10-32-84(57)65(94)40-110-33-11-14-58(87)55(36-46-15-17-47(18-16-46)44(4)85)82-74(108)50(21-28-68(99)100)39-63(92)53(23-30-70(103)104)81-73(107)49(20-27-67(97)98)38-62(91)52(22-29-69(101)102)80-72(106)48(19-26-66(95)96)37-61(90)51(78-45(5)86)12-8-9-31-76/h15-18,42-43,48-57H,8-14,19-41,76H2,1-7H3,(H,77,105)(H,78,86)(H,79,93)(H,80,106)(H,81,107)(H,82,108)(H,83,109)(H,95,96)(H,97,98)(H,99,100)(H,101,102)(H,103,104)/t43-,48+,49+,50+,51-,52-,53-,54+,55+,56+,57+/m1/s1. The predicted octanol–water partition coefficient (Wildman–Crippen LogP) is 2.00. The molecule has 1 aromatic carbocycles. The summed E-state index contributed by atoms with van der Waals surface area (Å²) >= 11 is 1.31. The van der Waals surface area contributed by atoms with E-state index in [4.69, 9.17) is 10.5 Å². The quantitative estimate of drug-likeness (QED) is 0.0328. The van der Waals surface area contributed by atoms with Crippen molar-refractivity contribution in [1.29, 1.82) is 0 Å². The molecule has 36 heteroatoms. The van der Waals surface area contributed by atoms with Crippen molar-refractivity contribution >= 4 is 129 Å². The van der Waals surface area contributed by atoms with E-state index in [2.05, 4.69) is 37.2 Å². The summed E-state index contributed by atoms with van der Waals surface area (Å²) in [5.74, 6) is -23.3. The number of nitrogens with two attached hydrogens (primary N) is 1. The number of unbranched alkanes of at least 4 members (excludes halogenated alkanes) is 1. The summed E-state index contributed by atoms with van der Waals surface area (Å²) in [6.45, 7) is 7.34. The molecule has 14 N–H and O–H groups in total. The Morgan fingerprint density at radius 3 is 1.41 bits per heavy atom. The van der Waals surface area contributed by atoms with Crippen LogP contribution in [-0.2, 0) is 102 Å². The maximum Gasteiger partial charge on any atom is 0.303 e. The van der Waals surface area contributed by atoms with Gasteiger partial charge >= 0.3 is 29.8 Å². The Labute approximate surface area is 648 Å². The van der Waals surface area contributed by atoms with Gasteiger partial charge in [0.2, 0.25) is 47.3 Å². The van der Waals surface area contributed by atoms with E-state index in [1.165, 1.54) is 54.9 Å². The van der Waals surface area contributed by atoms with Crippen LogP contribution in [0.5, 0.6) is 0 Å². The lowest BCUT2D eigenvalue weighted by Crippen LogP contribution is -2.52. The Morgan fingerprint density at radius 2 is 0.964 bits per heavy atom. The smallest absolute Gasteiger partial charge is 0.303 e. The summed E-state index contributed by atoms with van der Waals surface area (Å²) in [6, 6.07) is -3.18. The summed E-state index contributed by atoms with van der Waals surface area (Å²) in [5.41, 5.74) is 6.30. The van der Waals surface area contributed by atoms with Gasteiger partial charge in [0.15, 0.2) is 40.5 Å². The number of aliphatic carboxylic acids is 5. The van der Waals surface area contributed by atoms with E-state index in [1.54, 1.807) is 13.2 Å². The monoisotopic (exact) mass is 1590 g/mol. The first-order valence-electron chi connectivity index (χ1n) is 37.2. The molecule has 1 saturated heterocycles. The zero-order valence-electron chi connectivity index (χ0n) is 64.2. The van der Waals surface area contributed by atoms with Crippen LogP contribution in [-0.4, -0.2) is 236 Å². The van der Waals surface area contributed by atoms with Crippen molar-refractivity contribution < 1.29 is 126 Å². The van der Waals surface area contributed by atoms with Crippen LogP contribution >= 0.6 is 11.8 Å². The molecule has 0 spiro atoms. The molecular formula is C75H111N9O26S. The Kier molecular flexibility index (Phi) is 45.4. The third kappa shape index (κ3) is 38.7. The first-order valence-corrected chi connectivity index (χ1v) is 38.6. The lowest BCUT2D eigenvalue weighted by Gasteiger charge is -2.27. The Hall–Kier alpha value is -9.71. The number of nitrogens with zero attached hydrogens (tertiary/aromatic N) is 1. The Bertz CT molecular complexity index is 3440. The normalized spacial score (nSPS) is 15.2. The van der Waals surface area contributed by atoms with Crippen LogP contribution in [0.4, 0.5) is 0 Å². The van der Waals surface area contributed by atoms with Gasteiger partial charge in [0, 0.05) is 139 Å². The highest BCUT2D eigenvalue weighted by Crippen LogP contribution is 2.24. The summed E-state index contributed by atoms with van der Waals surface area (Å²) in [4.78, 5) is 264. The molecule has 1 aliphatic heterocycles. The van der Waals surface area contributed by atoms with Crippen molar-refractivity contribution in [3.05, 3.63) is 35.4 Å². The van der Waals surface area contributed by atoms with Gasteiger partial charge in [0.1, 0.15) is 12.6 Å². The molecule has 1 aliphatic rings. The summed E-state index contributed by atoms with van der Waals surface area (Å²) < 4.78 is 5.70. The molecular weight excluding hydrogens is 1470 g/mol. The maximum atomic E-state index is 14.5. The topological polar surface area (TPSA) is 565 Å². The van der Waals surface area contributed by atoms with Crippen LogP contribution in [0.15, 0.2) is 24.3 Å². The summed E-state index contributed by atoms with van der Waals surface area (Å²) in [6.07, 6.45) is -7.25. The van der Waals surface area contributed by atoms with Crippen LogP contribution in [0.25, 0.3) is 0 Å². The minimum atomic E-state index is -1.85. The molecule has 0 radical (unpaired) electrons. The number of ketones is 7. The number of benzene rings is 1. The zero-order chi connectivity index (χ0) is 83.6. The fourth-order valence-electron chi connectivity index (χ4n) is 12.4. The molecule has 11 atom stereocenters. The van der Waals surface area contributed by atoms with Crippen LogP contribution in [0.1, 0.15) is 205 Å². The second-order valence-corrected chi connectivity index (χ2v) is 29.1. The number of hydrogen-bond acceptors (Lipinski definition) is 23. The number of thioether (sulfide) groups is 1. The number of carbonyl (C=O) groups is 20. The van der Waals surface area contributed by atoms with Crippen LogP contribution < -0.4 is 43.0 Å². The van der Waals surface area contributed by atoms with Crippen LogP contribution in [0.2, 0.25) is 0 Å². The third-order valence-electron chi connectivity index (χ3n) is 18.6. The van der Waals surface area contributed by atoms with Gasteiger partial charge in [0.25, 0.3) is 0 Å². The van der Waals surface area contributed by atoms with Gasteiger partial charge in [-0.3, -0.25) is 95.9 Å². The molecule has 0 aromatic heterocycles. The van der Waals surface area contributed by atoms with Gasteiger partial charge in [0.05, 0.1) is 36.3 Å². The SMILES string of the molecule is CNC(=O)[C@H](C)CC(=O)[C@H](CSC)NC(=O)CCC(=O)[C@H](CC(C)C)NC(=O)[C@@H]1CCCN1C(=O)COCCCC(=O)[C@H](Cc1ccc(C(C)=O)cc1)NC(=O)[C@@H](CCC(=O)O)CC(=O)[C@@H](CCC(=O)O)NC(=O)[C@@H](CCC(=O)O)CC(=O)[C@@H](CCC(=O)O)NC(=O)[C@@H](CCC(=O)O)CC(=O)[C@@H](CCCCN)NC(C)=O. The second-order valence-electron chi connectivity index (χ2n) is 28.2. The largest absolute Gasteiger partial charge is 0.481 e. The number of carboxylic acid groups (broad SMARTS) is 5. The molecule has 1 heterocycles. The second kappa shape index (κ2) is 51.7. The average molecular weight is 1590 g/mol. The van der Waals surface area contributed by atoms with Crippen molar-refractivity contribution in [1.82, 2.24) is 42.1 Å². The van der Waals surface area contributed by atoms with Gasteiger partial charge in [-0.05, 0) is 115 Å². The first kappa shape index (κ1) is 97.4. The number of likely N-dealkylation sites (tertiary alicyclic amines) is 1. The van der Waals surface area contributed by atoms with Crippen LogP contribution in [0.3, 0.4) is 0 Å². The maximum absolute atomic E-state index is 14.5. The Balaban J connectivity index is 2.40. The first-order chi connectivity index (χ1) is 52.3. The number of Topliss-reactive ketones (excluding diaryl/α,β-unsaturated/α-hetero) is 7. The van der Waals surface area contributed by atoms with Crippen molar-refractivity contribution in [3.63, 3.8) is 0 Å². The van der Waals surface area contributed by atoms with Gasteiger partial charge < -0.3 is 78.1 Å². The number of amides is 8. The number of rotatable bonds is 60. The number of hydrogen-bond donors (Lipinski definition) is 13. The van der Waals surface area contributed by atoms with E-state index in [0.29, 0.717) is 30.4 Å². The molecule has 1 aromatic rings. The number of ether oxygens (including phenoxy) is 1. The predicted molar refractivity (Wildman–Crippen MR) is 399 cm³/mol. The molecule has 1 fully saturated rings. The summed E-state index contributed by atoms with van der Waals surface area (Å²) in [5, 5.41) is 66.1. The van der Waals surface area contributed by atoms with Gasteiger partial charge in [-0.25, -0.2) is 0 Å². The zero-order valence-corrected chi connectivity index (χ0v) is 65.0. The molecule has 0 unspecified atom stereocenters. The van der Waals surface area contributed by atoms with Gasteiger partial charge in [-0.2, -0.15) is 11.8 Å². The number of carboxylic acids is 5.